The minimum Gasteiger partial charge on any atom is -0.368 e. The van der Waals surface area contributed by atoms with E-state index in [-0.39, 0.29) is 17.6 Å². The number of rotatable bonds is 3. The van der Waals surface area contributed by atoms with Crippen LogP contribution < -0.4 is 4.90 Å². The molecule has 0 bridgehead atoms. The zero-order valence-electron chi connectivity index (χ0n) is 14.0. The largest absolute Gasteiger partial charge is 0.368 e. The topological polar surface area (TPSA) is 88.2 Å². The SMILES string of the molecule is O=C(c1nc(-c2cnccn2)no1)N1CCN(c2ccc(Cl)c(Cl)c2)CC1. The van der Waals surface area contributed by atoms with Gasteiger partial charge in [-0.05, 0) is 18.2 Å². The van der Waals surface area contributed by atoms with Gasteiger partial charge in [-0.15, -0.1) is 0 Å². The Bertz CT molecular complexity index is 957. The average molecular weight is 405 g/mol. The van der Waals surface area contributed by atoms with Gasteiger partial charge in [0.05, 0.1) is 16.2 Å². The Hall–Kier alpha value is -2.71. The maximum Gasteiger partial charge on any atom is 0.316 e. The summed E-state index contributed by atoms with van der Waals surface area (Å²) in [5, 5.41) is 4.84. The molecule has 0 saturated carbocycles. The van der Waals surface area contributed by atoms with E-state index in [2.05, 4.69) is 25.0 Å². The number of halogens is 2. The van der Waals surface area contributed by atoms with E-state index >= 15 is 0 Å². The van der Waals surface area contributed by atoms with Crippen molar-refractivity contribution in [2.45, 2.75) is 0 Å². The number of piperazine rings is 1. The van der Waals surface area contributed by atoms with Gasteiger partial charge in [0.2, 0.25) is 5.82 Å². The highest BCUT2D eigenvalue weighted by molar-refractivity contribution is 6.42. The normalized spacial score (nSPS) is 14.4. The second-order valence-corrected chi connectivity index (χ2v) is 6.71. The fourth-order valence-electron chi connectivity index (χ4n) is 2.81. The molecule has 1 fully saturated rings. The first-order chi connectivity index (χ1) is 13.1. The molecular weight excluding hydrogens is 391 g/mol. The lowest BCUT2D eigenvalue weighted by atomic mass is 10.2. The van der Waals surface area contributed by atoms with Crippen LogP contribution in [0.15, 0.2) is 41.3 Å². The highest BCUT2D eigenvalue weighted by Gasteiger charge is 2.27. The third kappa shape index (κ3) is 3.72. The summed E-state index contributed by atoms with van der Waals surface area (Å²) in [7, 11) is 0. The molecule has 138 valence electrons. The smallest absolute Gasteiger partial charge is 0.316 e. The number of nitrogens with zero attached hydrogens (tertiary/aromatic N) is 6. The van der Waals surface area contributed by atoms with Crippen molar-refractivity contribution in [2.75, 3.05) is 31.1 Å². The molecule has 0 unspecified atom stereocenters. The number of aromatic nitrogens is 4. The van der Waals surface area contributed by atoms with Gasteiger partial charge in [-0.25, -0.2) is 4.98 Å². The number of benzene rings is 1. The fraction of sp³-hybridized carbons (Fsp3) is 0.235. The van der Waals surface area contributed by atoms with Crippen LogP contribution in [0.2, 0.25) is 10.0 Å². The lowest BCUT2D eigenvalue weighted by Gasteiger charge is -2.35. The summed E-state index contributed by atoms with van der Waals surface area (Å²) in [6, 6.07) is 5.51. The quantitative estimate of drug-likeness (QED) is 0.662. The highest BCUT2D eigenvalue weighted by Crippen LogP contribution is 2.28. The van der Waals surface area contributed by atoms with Crippen molar-refractivity contribution < 1.29 is 9.32 Å². The monoisotopic (exact) mass is 404 g/mol. The molecule has 1 aromatic carbocycles. The molecule has 1 aliphatic rings. The van der Waals surface area contributed by atoms with Crippen LogP contribution in [0.25, 0.3) is 11.5 Å². The van der Waals surface area contributed by atoms with Crippen LogP contribution in [0.3, 0.4) is 0 Å². The predicted octanol–water partition coefficient (Wildman–Crippen LogP) is 2.80. The molecule has 8 nitrogen and oxygen atoms in total. The van der Waals surface area contributed by atoms with Crippen molar-refractivity contribution in [3.63, 3.8) is 0 Å². The van der Waals surface area contributed by atoms with E-state index < -0.39 is 0 Å². The highest BCUT2D eigenvalue weighted by atomic mass is 35.5. The van der Waals surface area contributed by atoms with Crippen molar-refractivity contribution in [1.29, 1.82) is 0 Å². The Kier molecular flexibility index (Phi) is 4.91. The second-order valence-electron chi connectivity index (χ2n) is 5.89. The third-order valence-electron chi connectivity index (χ3n) is 4.24. The summed E-state index contributed by atoms with van der Waals surface area (Å²) < 4.78 is 5.11. The Morgan fingerprint density at radius 3 is 2.59 bits per heavy atom. The minimum atomic E-state index is -0.300. The fourth-order valence-corrected chi connectivity index (χ4v) is 3.11. The Morgan fingerprint density at radius 1 is 1.07 bits per heavy atom. The molecule has 3 heterocycles. The number of amides is 1. The van der Waals surface area contributed by atoms with E-state index in [1.54, 1.807) is 17.2 Å². The summed E-state index contributed by atoms with van der Waals surface area (Å²) in [4.78, 5) is 28.6. The number of hydrogen-bond acceptors (Lipinski definition) is 7. The van der Waals surface area contributed by atoms with Crippen molar-refractivity contribution in [3.8, 4) is 11.5 Å². The summed E-state index contributed by atoms with van der Waals surface area (Å²) in [6.07, 6.45) is 4.58. The van der Waals surface area contributed by atoms with Gasteiger partial charge in [-0.2, -0.15) is 4.98 Å². The maximum atomic E-state index is 12.6. The zero-order valence-corrected chi connectivity index (χ0v) is 15.6. The summed E-state index contributed by atoms with van der Waals surface area (Å²) in [5.74, 6) is -0.119. The maximum absolute atomic E-state index is 12.6. The van der Waals surface area contributed by atoms with Gasteiger partial charge in [-0.1, -0.05) is 28.4 Å². The lowest BCUT2D eigenvalue weighted by Crippen LogP contribution is -2.48. The molecule has 2 aromatic heterocycles. The van der Waals surface area contributed by atoms with Crippen LogP contribution >= 0.6 is 23.2 Å². The standard InChI is InChI=1S/C17H14Cl2N6O2/c18-12-2-1-11(9-13(12)19)24-5-7-25(8-6-24)17(26)16-22-15(23-27-16)14-10-20-3-4-21-14/h1-4,9-10H,5-8H2. The molecule has 0 radical (unpaired) electrons. The van der Waals surface area contributed by atoms with Crippen molar-refractivity contribution in [3.05, 3.63) is 52.7 Å². The minimum absolute atomic E-state index is 0.0568. The number of carbonyl (C=O) groups is 1. The van der Waals surface area contributed by atoms with E-state index in [1.165, 1.54) is 12.4 Å². The second kappa shape index (κ2) is 7.50. The lowest BCUT2D eigenvalue weighted by molar-refractivity contribution is 0.0696. The predicted molar refractivity (Wildman–Crippen MR) is 99.9 cm³/mol. The molecule has 0 atom stereocenters. The Balaban J connectivity index is 1.41. The molecule has 1 aliphatic heterocycles. The molecule has 27 heavy (non-hydrogen) atoms. The molecule has 0 N–H and O–H groups in total. The molecule has 0 aliphatic carbocycles. The van der Waals surface area contributed by atoms with Crippen LogP contribution in [0.5, 0.6) is 0 Å². The van der Waals surface area contributed by atoms with E-state index in [4.69, 9.17) is 27.7 Å². The molecule has 0 spiro atoms. The van der Waals surface area contributed by atoms with Crippen LogP contribution in [0.4, 0.5) is 5.69 Å². The first kappa shape index (κ1) is 17.7. The van der Waals surface area contributed by atoms with Gasteiger partial charge in [-0.3, -0.25) is 9.78 Å². The summed E-state index contributed by atoms with van der Waals surface area (Å²) in [6.45, 7) is 2.38. The van der Waals surface area contributed by atoms with Crippen molar-refractivity contribution >= 4 is 34.8 Å². The van der Waals surface area contributed by atoms with Gasteiger partial charge in [0, 0.05) is 44.3 Å². The van der Waals surface area contributed by atoms with E-state index in [0.717, 1.165) is 5.69 Å². The van der Waals surface area contributed by atoms with Crippen LogP contribution in [-0.4, -0.2) is 57.1 Å². The van der Waals surface area contributed by atoms with Gasteiger partial charge in [0.15, 0.2) is 0 Å². The van der Waals surface area contributed by atoms with Gasteiger partial charge in [0.1, 0.15) is 5.69 Å². The molecule has 4 rings (SSSR count). The van der Waals surface area contributed by atoms with Crippen LogP contribution in [0, 0.1) is 0 Å². The van der Waals surface area contributed by atoms with Gasteiger partial charge >= 0.3 is 11.8 Å². The van der Waals surface area contributed by atoms with Gasteiger partial charge < -0.3 is 14.3 Å². The Morgan fingerprint density at radius 2 is 1.89 bits per heavy atom. The van der Waals surface area contributed by atoms with Crippen molar-refractivity contribution in [1.82, 2.24) is 25.0 Å². The van der Waals surface area contributed by atoms with Crippen LogP contribution in [0.1, 0.15) is 10.7 Å². The first-order valence-electron chi connectivity index (χ1n) is 8.21. The number of anilines is 1. The van der Waals surface area contributed by atoms with E-state index in [9.17, 15) is 4.79 Å². The zero-order chi connectivity index (χ0) is 18.8. The van der Waals surface area contributed by atoms with Crippen LogP contribution in [-0.2, 0) is 0 Å². The van der Waals surface area contributed by atoms with E-state index in [0.29, 0.717) is 41.9 Å². The summed E-state index contributed by atoms with van der Waals surface area (Å²) >= 11 is 12.0. The van der Waals surface area contributed by atoms with E-state index in [1.807, 2.05) is 12.1 Å². The molecule has 3 aromatic rings. The average Bonchev–Trinajstić information content (AvgIpc) is 3.21. The van der Waals surface area contributed by atoms with Gasteiger partial charge in [0.25, 0.3) is 0 Å². The first-order valence-corrected chi connectivity index (χ1v) is 8.97. The molecule has 1 saturated heterocycles. The third-order valence-corrected chi connectivity index (χ3v) is 4.98. The van der Waals surface area contributed by atoms with Crippen molar-refractivity contribution in [2.24, 2.45) is 0 Å². The summed E-state index contributed by atoms with van der Waals surface area (Å²) in [5.41, 5.74) is 1.42. The number of hydrogen-bond donors (Lipinski definition) is 0. The molecule has 10 heteroatoms. The number of carbonyl (C=O) groups excluding carboxylic acids is 1. The molecule has 1 amide bonds. The Labute approximate surface area is 164 Å². The molecular formula is C17H14Cl2N6O2.